The van der Waals surface area contributed by atoms with Gasteiger partial charge < -0.3 is 0 Å². The van der Waals surface area contributed by atoms with Crippen molar-refractivity contribution < 1.29 is 26.7 Å². The van der Waals surface area contributed by atoms with Gasteiger partial charge in [0.1, 0.15) is 5.69 Å². The largest absolute Gasteiger partial charge is 0.280 e. The molecule has 2 aromatic rings. The zero-order valence-electron chi connectivity index (χ0n) is 13.6. The number of amides is 1. The minimum Gasteiger partial charge on any atom is -0.267 e. The Morgan fingerprint density at radius 3 is 2.08 bits per heavy atom. The van der Waals surface area contributed by atoms with Crippen molar-refractivity contribution in [2.75, 3.05) is 5.01 Å². The van der Waals surface area contributed by atoms with Crippen LogP contribution < -0.4 is 5.01 Å². The Hall–Kier alpha value is -3.03. The number of rotatable bonds is 2. The molecule has 8 heteroatoms. The molecule has 2 aromatic carbocycles. The highest BCUT2D eigenvalue weighted by molar-refractivity contribution is 6.32. The van der Waals surface area contributed by atoms with E-state index in [1.807, 2.05) is 13.0 Å². The zero-order valence-corrected chi connectivity index (χ0v) is 13.6. The highest BCUT2D eigenvalue weighted by atomic mass is 19.2. The summed E-state index contributed by atoms with van der Waals surface area (Å²) in [6.45, 7) is 3.23. The van der Waals surface area contributed by atoms with Crippen LogP contribution in [-0.4, -0.2) is 11.6 Å². The predicted octanol–water partition coefficient (Wildman–Crippen LogP) is 4.50. The summed E-state index contributed by atoms with van der Waals surface area (Å²) in [7, 11) is 0. The van der Waals surface area contributed by atoms with E-state index in [-0.39, 0.29) is 16.3 Å². The topological polar surface area (TPSA) is 32.7 Å². The van der Waals surface area contributed by atoms with Gasteiger partial charge in [0.15, 0.2) is 23.3 Å². The molecule has 3 rings (SSSR count). The standard InChI is InChI=1S/C18H11F5N2O/c1-8-4-3-5-10(6-8)7-11-9(2)24-25(18(11)26)17-15(22)13(20)12(19)14(21)16(17)23/h3-7H,1-2H3/b11-7+. The summed E-state index contributed by atoms with van der Waals surface area (Å²) in [5, 5.41) is 3.86. The maximum Gasteiger partial charge on any atom is 0.280 e. The molecule has 26 heavy (non-hydrogen) atoms. The molecular formula is C18H11F5N2O. The molecule has 1 aliphatic rings. The predicted molar refractivity (Wildman–Crippen MR) is 86.0 cm³/mol. The van der Waals surface area contributed by atoms with Crippen molar-refractivity contribution in [3.8, 4) is 0 Å². The molecule has 0 saturated heterocycles. The molecule has 0 atom stereocenters. The van der Waals surface area contributed by atoms with E-state index in [0.717, 1.165) is 5.56 Å². The van der Waals surface area contributed by atoms with Crippen molar-refractivity contribution in [3.05, 3.63) is 70.1 Å². The Bertz CT molecular complexity index is 968. The zero-order chi connectivity index (χ0) is 19.2. The average Bonchev–Trinajstić information content (AvgIpc) is 2.87. The third-order valence-corrected chi connectivity index (χ3v) is 3.81. The Morgan fingerprint density at radius 2 is 1.50 bits per heavy atom. The van der Waals surface area contributed by atoms with Crippen molar-refractivity contribution in [2.24, 2.45) is 5.10 Å². The van der Waals surface area contributed by atoms with Gasteiger partial charge >= 0.3 is 0 Å². The third-order valence-electron chi connectivity index (χ3n) is 3.81. The molecule has 0 aromatic heterocycles. The van der Waals surface area contributed by atoms with Crippen LogP contribution >= 0.6 is 0 Å². The SMILES string of the molecule is CC1=NN(c2c(F)c(F)c(F)c(F)c2F)C(=O)/C1=C/c1cccc(C)c1. The van der Waals surface area contributed by atoms with Crippen LogP contribution in [0.3, 0.4) is 0 Å². The quantitative estimate of drug-likeness (QED) is 0.333. The number of nitrogens with zero attached hydrogens (tertiary/aromatic N) is 2. The van der Waals surface area contributed by atoms with E-state index in [1.165, 1.54) is 13.0 Å². The van der Waals surface area contributed by atoms with E-state index in [4.69, 9.17) is 0 Å². The van der Waals surface area contributed by atoms with E-state index in [2.05, 4.69) is 5.10 Å². The lowest BCUT2D eigenvalue weighted by Gasteiger charge is -2.15. The van der Waals surface area contributed by atoms with Gasteiger partial charge in [-0.2, -0.15) is 10.1 Å². The van der Waals surface area contributed by atoms with Gasteiger partial charge in [0.25, 0.3) is 5.91 Å². The molecule has 0 saturated carbocycles. The number of anilines is 1. The van der Waals surface area contributed by atoms with E-state index in [9.17, 15) is 26.7 Å². The van der Waals surface area contributed by atoms with Gasteiger partial charge in [-0.15, -0.1) is 0 Å². The van der Waals surface area contributed by atoms with E-state index in [0.29, 0.717) is 5.56 Å². The van der Waals surface area contributed by atoms with Crippen LogP contribution in [0.1, 0.15) is 18.1 Å². The summed E-state index contributed by atoms with van der Waals surface area (Å²) >= 11 is 0. The molecule has 0 spiro atoms. The first-order valence-corrected chi connectivity index (χ1v) is 7.42. The summed E-state index contributed by atoms with van der Waals surface area (Å²) in [5.74, 6) is -11.8. The number of carbonyl (C=O) groups excluding carboxylic acids is 1. The smallest absolute Gasteiger partial charge is 0.267 e. The van der Waals surface area contributed by atoms with Gasteiger partial charge in [0.2, 0.25) is 5.82 Å². The Labute approximate surface area is 145 Å². The molecule has 0 fully saturated rings. The summed E-state index contributed by atoms with van der Waals surface area (Å²) in [5.41, 5.74) is 0.205. The third kappa shape index (κ3) is 2.77. The normalized spacial score (nSPS) is 15.8. The first-order chi connectivity index (χ1) is 12.2. The average molecular weight is 366 g/mol. The van der Waals surface area contributed by atoms with Crippen LogP contribution in [0.4, 0.5) is 27.6 Å². The number of carbonyl (C=O) groups is 1. The first-order valence-electron chi connectivity index (χ1n) is 7.42. The number of benzene rings is 2. The molecule has 1 heterocycles. The number of aryl methyl sites for hydroxylation is 1. The van der Waals surface area contributed by atoms with Crippen molar-refractivity contribution in [3.63, 3.8) is 0 Å². The van der Waals surface area contributed by atoms with Crippen LogP contribution in [0.25, 0.3) is 6.08 Å². The van der Waals surface area contributed by atoms with Gasteiger partial charge in [0, 0.05) is 0 Å². The molecule has 134 valence electrons. The molecule has 0 bridgehead atoms. The monoisotopic (exact) mass is 366 g/mol. The highest BCUT2D eigenvalue weighted by Gasteiger charge is 2.36. The molecule has 3 nitrogen and oxygen atoms in total. The molecule has 1 aliphatic heterocycles. The second kappa shape index (κ2) is 6.36. The molecular weight excluding hydrogens is 355 g/mol. The molecule has 0 aliphatic carbocycles. The molecule has 0 unspecified atom stereocenters. The molecule has 0 N–H and O–H groups in total. The second-order valence-electron chi connectivity index (χ2n) is 5.69. The van der Waals surface area contributed by atoms with Gasteiger partial charge in [0.05, 0.1) is 11.3 Å². The minimum absolute atomic E-state index is 0.0143. The van der Waals surface area contributed by atoms with Crippen LogP contribution in [0.2, 0.25) is 0 Å². The fourth-order valence-electron chi connectivity index (χ4n) is 2.54. The maximum atomic E-state index is 14.0. The first kappa shape index (κ1) is 17.8. The number of hydrogen-bond acceptors (Lipinski definition) is 2. The lowest BCUT2D eigenvalue weighted by molar-refractivity contribution is -0.114. The fourth-order valence-corrected chi connectivity index (χ4v) is 2.54. The van der Waals surface area contributed by atoms with E-state index < -0.39 is 40.7 Å². The summed E-state index contributed by atoms with van der Waals surface area (Å²) in [6, 6.07) is 7.03. The van der Waals surface area contributed by atoms with Gasteiger partial charge in [-0.25, -0.2) is 22.0 Å². The number of halogens is 5. The lowest BCUT2D eigenvalue weighted by atomic mass is 10.1. The van der Waals surface area contributed by atoms with Gasteiger partial charge in [-0.1, -0.05) is 29.8 Å². The fraction of sp³-hybridized carbons (Fsp3) is 0.111. The Morgan fingerprint density at radius 1 is 0.923 bits per heavy atom. The van der Waals surface area contributed by atoms with Gasteiger partial charge in [-0.05, 0) is 25.5 Å². The Balaban J connectivity index is 2.10. The van der Waals surface area contributed by atoms with E-state index in [1.54, 1.807) is 18.2 Å². The summed E-state index contributed by atoms with van der Waals surface area (Å²) in [4.78, 5) is 12.5. The second-order valence-corrected chi connectivity index (χ2v) is 5.69. The van der Waals surface area contributed by atoms with Crippen molar-refractivity contribution in [1.29, 1.82) is 0 Å². The van der Waals surface area contributed by atoms with E-state index >= 15 is 0 Å². The highest BCUT2D eigenvalue weighted by Crippen LogP contribution is 2.33. The molecule has 0 radical (unpaired) electrons. The lowest BCUT2D eigenvalue weighted by Crippen LogP contribution is -2.25. The van der Waals surface area contributed by atoms with Crippen molar-refractivity contribution >= 4 is 23.4 Å². The van der Waals surface area contributed by atoms with Crippen LogP contribution in [-0.2, 0) is 4.79 Å². The van der Waals surface area contributed by atoms with Crippen LogP contribution in [0.5, 0.6) is 0 Å². The van der Waals surface area contributed by atoms with Crippen molar-refractivity contribution in [2.45, 2.75) is 13.8 Å². The van der Waals surface area contributed by atoms with Gasteiger partial charge in [-0.3, -0.25) is 4.79 Å². The number of hydrogen-bond donors (Lipinski definition) is 0. The van der Waals surface area contributed by atoms with Crippen LogP contribution in [0, 0.1) is 36.0 Å². The van der Waals surface area contributed by atoms with Crippen molar-refractivity contribution in [1.82, 2.24) is 0 Å². The summed E-state index contributed by atoms with van der Waals surface area (Å²) < 4.78 is 67.9. The Kier molecular flexibility index (Phi) is 4.35. The molecule has 1 amide bonds. The maximum absolute atomic E-state index is 14.0. The van der Waals surface area contributed by atoms with Crippen LogP contribution in [0.15, 0.2) is 34.9 Å². The number of hydrazone groups is 1. The summed E-state index contributed by atoms with van der Waals surface area (Å²) in [6.07, 6.45) is 1.43. The minimum atomic E-state index is -2.30.